The van der Waals surface area contributed by atoms with Gasteiger partial charge in [0.15, 0.2) is 0 Å². The van der Waals surface area contributed by atoms with Crippen LogP contribution in [0.2, 0.25) is 0 Å². The minimum atomic E-state index is 1.00. The average Bonchev–Trinajstić information content (AvgIpc) is 2.97. The molecule has 1 N–H and O–H groups in total. The van der Waals surface area contributed by atoms with Gasteiger partial charge in [0.05, 0.1) is 0 Å². The van der Waals surface area contributed by atoms with Gasteiger partial charge in [-0.2, -0.15) is 0 Å². The van der Waals surface area contributed by atoms with Crippen molar-refractivity contribution in [3.63, 3.8) is 0 Å². The Morgan fingerprint density at radius 2 is 2.05 bits per heavy atom. The van der Waals surface area contributed by atoms with Crippen LogP contribution in [0.1, 0.15) is 21.6 Å². The van der Waals surface area contributed by atoms with Gasteiger partial charge in [0.25, 0.3) is 0 Å². The highest BCUT2D eigenvalue weighted by Crippen LogP contribution is 2.22. The van der Waals surface area contributed by atoms with Gasteiger partial charge in [-0.25, -0.2) is 0 Å². The van der Waals surface area contributed by atoms with Gasteiger partial charge in [0.2, 0.25) is 0 Å². The third-order valence-corrected chi connectivity index (χ3v) is 5.08. The Bertz CT molecular complexity index is 579. The zero-order valence-corrected chi connectivity index (χ0v) is 13.4. The van der Waals surface area contributed by atoms with Crippen LogP contribution in [0.5, 0.6) is 0 Å². The lowest BCUT2D eigenvalue weighted by Gasteiger charge is -2.16. The van der Waals surface area contributed by atoms with Crippen molar-refractivity contribution in [2.75, 3.05) is 7.05 Å². The lowest BCUT2D eigenvalue weighted by molar-refractivity contribution is 0.322. The van der Waals surface area contributed by atoms with Crippen LogP contribution in [0, 0.1) is 0 Å². The van der Waals surface area contributed by atoms with Crippen molar-refractivity contribution in [1.29, 1.82) is 0 Å². The number of rotatable bonds is 4. The van der Waals surface area contributed by atoms with E-state index in [0.717, 1.165) is 26.2 Å². The van der Waals surface area contributed by atoms with Gasteiger partial charge in [-0.15, -0.1) is 11.3 Å². The first kappa shape index (κ1) is 13.3. The highest BCUT2D eigenvalue weighted by molar-refractivity contribution is 9.10. The number of hydrogen-bond donors (Lipinski definition) is 1. The molecule has 19 heavy (non-hydrogen) atoms. The summed E-state index contributed by atoms with van der Waals surface area (Å²) in [5, 5.41) is 5.54. The summed E-state index contributed by atoms with van der Waals surface area (Å²) in [6.45, 7) is 4.05. The average molecular weight is 337 g/mol. The number of hydrogen-bond acceptors (Lipinski definition) is 3. The molecular weight excluding hydrogens is 320 g/mol. The van der Waals surface area contributed by atoms with E-state index in [9.17, 15) is 0 Å². The molecule has 0 saturated heterocycles. The zero-order valence-electron chi connectivity index (χ0n) is 10.9. The maximum absolute atomic E-state index is 3.51. The van der Waals surface area contributed by atoms with E-state index in [0.29, 0.717) is 0 Å². The fraction of sp³-hybridized carbons (Fsp3) is 0.333. The molecule has 0 atom stereocenters. The number of thiophene rings is 1. The van der Waals surface area contributed by atoms with Crippen LogP contribution < -0.4 is 5.32 Å². The Kier molecular flexibility index (Phi) is 4.03. The Hall–Kier alpha value is -0.680. The van der Waals surface area contributed by atoms with E-state index in [2.05, 4.69) is 62.8 Å². The van der Waals surface area contributed by atoms with Crippen molar-refractivity contribution in [3.8, 4) is 0 Å². The van der Waals surface area contributed by atoms with Gasteiger partial charge in [-0.3, -0.25) is 4.90 Å². The minimum Gasteiger partial charge on any atom is -0.309 e. The number of halogens is 1. The monoisotopic (exact) mass is 336 g/mol. The summed E-state index contributed by atoms with van der Waals surface area (Å²) in [5.41, 5.74) is 4.32. The van der Waals surface area contributed by atoms with Crippen molar-refractivity contribution >= 4 is 27.3 Å². The maximum Gasteiger partial charge on any atom is 0.0328 e. The predicted molar refractivity (Wildman–Crippen MR) is 84.2 cm³/mol. The molecule has 0 radical (unpaired) electrons. The molecule has 1 aromatic heterocycles. The summed E-state index contributed by atoms with van der Waals surface area (Å²) in [6, 6.07) is 9.07. The Labute approximate surface area is 126 Å². The SMILES string of the molecule is CN(Cc1ccc2c(c1)CNC2)Cc1cc(Br)cs1. The summed E-state index contributed by atoms with van der Waals surface area (Å²) < 4.78 is 1.18. The minimum absolute atomic E-state index is 1.00. The normalized spacial score (nSPS) is 14.1. The van der Waals surface area contributed by atoms with E-state index in [1.165, 1.54) is 26.0 Å². The zero-order chi connectivity index (χ0) is 13.2. The molecule has 0 aliphatic carbocycles. The van der Waals surface area contributed by atoms with E-state index < -0.39 is 0 Å². The van der Waals surface area contributed by atoms with E-state index >= 15 is 0 Å². The van der Waals surface area contributed by atoms with Crippen LogP contribution in [0.4, 0.5) is 0 Å². The lowest BCUT2D eigenvalue weighted by atomic mass is 10.1. The first-order chi connectivity index (χ1) is 9.20. The molecule has 4 heteroatoms. The first-order valence-electron chi connectivity index (χ1n) is 6.43. The number of fused-ring (bicyclic) bond motifs is 1. The van der Waals surface area contributed by atoms with Gasteiger partial charge < -0.3 is 5.32 Å². The molecule has 1 aliphatic heterocycles. The molecule has 1 aliphatic rings. The quantitative estimate of drug-likeness (QED) is 0.914. The van der Waals surface area contributed by atoms with Crippen LogP contribution in [0.15, 0.2) is 34.1 Å². The predicted octanol–water partition coefficient (Wildman–Crippen LogP) is 3.75. The molecule has 0 fully saturated rings. The molecule has 0 unspecified atom stereocenters. The first-order valence-corrected chi connectivity index (χ1v) is 8.11. The van der Waals surface area contributed by atoms with Crippen molar-refractivity contribution in [3.05, 3.63) is 55.7 Å². The van der Waals surface area contributed by atoms with E-state index in [1.807, 2.05) is 11.3 Å². The number of nitrogens with one attached hydrogen (secondary N) is 1. The maximum atomic E-state index is 3.51. The summed E-state index contributed by atoms with van der Waals surface area (Å²) in [5.74, 6) is 0. The lowest BCUT2D eigenvalue weighted by Crippen LogP contribution is -2.16. The van der Waals surface area contributed by atoms with Crippen LogP contribution >= 0.6 is 27.3 Å². The largest absolute Gasteiger partial charge is 0.309 e. The second-order valence-corrected chi connectivity index (χ2v) is 7.02. The fourth-order valence-corrected chi connectivity index (χ4v) is 4.05. The third kappa shape index (κ3) is 3.26. The second kappa shape index (κ2) is 5.75. The summed E-state index contributed by atoms with van der Waals surface area (Å²) in [7, 11) is 2.18. The Morgan fingerprint density at radius 1 is 1.21 bits per heavy atom. The number of benzene rings is 1. The fourth-order valence-electron chi connectivity index (χ4n) is 2.52. The van der Waals surface area contributed by atoms with Crippen LogP contribution in [0.3, 0.4) is 0 Å². The summed E-state index contributed by atoms with van der Waals surface area (Å²) >= 11 is 5.32. The Balaban J connectivity index is 1.64. The standard InChI is InChI=1S/C15H17BrN2S/c1-18(9-15-5-14(16)10-19-15)8-11-2-3-12-6-17-7-13(12)4-11/h2-5,10,17H,6-9H2,1H3. The molecule has 2 nitrogen and oxygen atoms in total. The summed E-state index contributed by atoms with van der Waals surface area (Å²) in [4.78, 5) is 3.76. The van der Waals surface area contributed by atoms with Crippen molar-refractivity contribution < 1.29 is 0 Å². The van der Waals surface area contributed by atoms with Gasteiger partial charge in [0, 0.05) is 40.9 Å². The van der Waals surface area contributed by atoms with Crippen LogP contribution in [-0.4, -0.2) is 11.9 Å². The van der Waals surface area contributed by atoms with Crippen LogP contribution in [-0.2, 0) is 26.2 Å². The Morgan fingerprint density at radius 3 is 2.84 bits per heavy atom. The van der Waals surface area contributed by atoms with Crippen molar-refractivity contribution in [2.45, 2.75) is 26.2 Å². The summed E-state index contributed by atoms with van der Waals surface area (Å²) in [6.07, 6.45) is 0. The molecule has 2 heterocycles. The molecular formula is C15H17BrN2S. The molecule has 1 aromatic carbocycles. The van der Waals surface area contributed by atoms with Gasteiger partial charge in [-0.1, -0.05) is 18.2 Å². The molecule has 2 aromatic rings. The van der Waals surface area contributed by atoms with Gasteiger partial charge >= 0.3 is 0 Å². The van der Waals surface area contributed by atoms with E-state index in [4.69, 9.17) is 0 Å². The van der Waals surface area contributed by atoms with Crippen LogP contribution in [0.25, 0.3) is 0 Å². The number of nitrogens with zero attached hydrogens (tertiary/aromatic N) is 1. The van der Waals surface area contributed by atoms with E-state index in [-0.39, 0.29) is 0 Å². The van der Waals surface area contributed by atoms with Crippen molar-refractivity contribution in [1.82, 2.24) is 10.2 Å². The second-order valence-electron chi connectivity index (χ2n) is 5.11. The molecule has 0 spiro atoms. The molecule has 3 rings (SSSR count). The van der Waals surface area contributed by atoms with Crippen molar-refractivity contribution in [2.24, 2.45) is 0 Å². The topological polar surface area (TPSA) is 15.3 Å². The molecule has 100 valence electrons. The van der Waals surface area contributed by atoms with E-state index in [1.54, 1.807) is 0 Å². The van der Waals surface area contributed by atoms with Gasteiger partial charge in [0.1, 0.15) is 0 Å². The molecule has 0 amide bonds. The highest BCUT2D eigenvalue weighted by Gasteiger charge is 2.11. The third-order valence-electron chi connectivity index (χ3n) is 3.40. The smallest absolute Gasteiger partial charge is 0.0328 e. The molecule has 0 saturated carbocycles. The van der Waals surface area contributed by atoms with Gasteiger partial charge in [-0.05, 0) is 45.7 Å². The molecule has 0 bridgehead atoms. The highest BCUT2D eigenvalue weighted by atomic mass is 79.9.